The van der Waals surface area contributed by atoms with E-state index in [1.54, 1.807) is 0 Å². The Balaban J connectivity index is 0.00000576. The van der Waals surface area contributed by atoms with Gasteiger partial charge in [0.05, 0.1) is 16.9 Å². The van der Waals surface area contributed by atoms with Crippen LogP contribution in [0.4, 0.5) is 11.4 Å². The number of nitrogens with zero attached hydrogens (tertiary/aromatic N) is 2. The number of para-hydroxylation sites is 2. The Labute approximate surface area is 294 Å². The maximum absolute atomic E-state index is 11.6. The van der Waals surface area contributed by atoms with E-state index in [0.29, 0.717) is 32.4 Å². The van der Waals surface area contributed by atoms with Crippen molar-refractivity contribution in [3.8, 4) is 0 Å². The maximum Gasteiger partial charge on any atom is 1.00 e. The van der Waals surface area contributed by atoms with Gasteiger partial charge < -0.3 is 10.0 Å². The summed E-state index contributed by atoms with van der Waals surface area (Å²) in [5.41, 5.74) is 4.86. The van der Waals surface area contributed by atoms with E-state index in [9.17, 15) is 35.8 Å². The van der Waals surface area contributed by atoms with Crippen LogP contribution in [0.5, 0.6) is 0 Å². The van der Waals surface area contributed by atoms with Crippen molar-refractivity contribution in [2.75, 3.05) is 29.5 Å². The van der Waals surface area contributed by atoms with Crippen LogP contribution in [-0.4, -0.2) is 71.9 Å². The molecule has 2 heterocycles. The van der Waals surface area contributed by atoms with Crippen LogP contribution in [0.1, 0.15) is 70.4 Å². The van der Waals surface area contributed by atoms with E-state index in [2.05, 4.69) is 37.0 Å². The number of likely N-dealkylation sites (N-methyl/N-ethyl adjacent to an activating group) is 1. The zero-order chi connectivity index (χ0) is 33.0. The van der Waals surface area contributed by atoms with Gasteiger partial charge in [0.2, 0.25) is 5.69 Å². The largest absolute Gasteiger partial charge is 1.00 e. The van der Waals surface area contributed by atoms with Crippen molar-refractivity contribution < 1.29 is 70.0 Å². The molecule has 0 bridgehead atoms. The third kappa shape index (κ3) is 8.58. The molecule has 2 aliphatic heterocycles. The topological polar surface area (TPSA) is 152 Å². The van der Waals surface area contributed by atoms with E-state index in [1.807, 2.05) is 60.0 Å². The van der Waals surface area contributed by atoms with Gasteiger partial charge in [-0.1, -0.05) is 42.5 Å². The van der Waals surface area contributed by atoms with Gasteiger partial charge in [-0.05, 0) is 64.2 Å². The summed E-state index contributed by atoms with van der Waals surface area (Å²) in [6.07, 6.45) is 8.00. The number of carboxylic acids is 1. The van der Waals surface area contributed by atoms with E-state index in [4.69, 9.17) is 0 Å². The number of fused-ring (bicyclic) bond motifs is 2. The van der Waals surface area contributed by atoms with Crippen LogP contribution >= 0.6 is 0 Å². The average Bonchev–Trinajstić information content (AvgIpc) is 3.33. The molecule has 2 atom stereocenters. The van der Waals surface area contributed by atoms with E-state index in [-0.39, 0.29) is 54.6 Å². The molecule has 0 saturated carbocycles. The number of rotatable bonds is 15. The fourth-order valence-electron chi connectivity index (χ4n) is 6.97. The Kier molecular flexibility index (Phi) is 12.7. The molecule has 10 nitrogen and oxygen atoms in total. The minimum absolute atomic E-state index is 0. The van der Waals surface area contributed by atoms with Crippen LogP contribution < -0.4 is 34.5 Å². The summed E-state index contributed by atoms with van der Waals surface area (Å²) in [6, 6.07) is 15.9. The van der Waals surface area contributed by atoms with Crippen molar-refractivity contribution in [1.82, 2.24) is 0 Å². The predicted octanol–water partition coefficient (Wildman–Crippen LogP) is 2.49. The van der Waals surface area contributed by atoms with Crippen molar-refractivity contribution >= 4 is 43.3 Å². The standard InChI is InChI=1S/C33H42N2O8S2.Na/c1-4-34-27-15-7-5-13-25(27)32(2,20-10-19-31(36)37)29(34)17-9-18-30-33(3,21-11-23-44(38,39)40)26-14-6-8-16-28(26)35(30)22-12-24-45(41,42)43;/h5-9,13-18H,4,10-12,19-24H2,1-3H3,(H2-,36,37,38,39,40,41,42,43);/q;+1/p+1. The molecule has 0 aliphatic carbocycles. The van der Waals surface area contributed by atoms with Crippen LogP contribution in [0.2, 0.25) is 0 Å². The van der Waals surface area contributed by atoms with Crippen LogP contribution in [0, 0.1) is 0 Å². The SMILES string of the molecule is CCN1/C(=C/C=C/C2=[N+](CCCS(=O)(=O)O)c3ccccc3C2(C)CCCS(=O)(=O)O)C(C)(CCCC(=O)O)c2ccccc21.[Na+]. The van der Waals surface area contributed by atoms with E-state index in [0.717, 1.165) is 33.9 Å². The van der Waals surface area contributed by atoms with Gasteiger partial charge in [0, 0.05) is 53.9 Å². The Morgan fingerprint density at radius 2 is 1.46 bits per heavy atom. The third-order valence-corrected chi connectivity index (χ3v) is 10.7. The second-order valence-electron chi connectivity index (χ2n) is 12.2. The molecule has 2 aromatic rings. The molecule has 0 fully saturated rings. The fraction of sp³-hybridized carbons (Fsp3) is 0.455. The van der Waals surface area contributed by atoms with E-state index >= 15 is 0 Å². The second kappa shape index (κ2) is 15.3. The van der Waals surface area contributed by atoms with Crippen LogP contribution in [-0.2, 0) is 35.9 Å². The van der Waals surface area contributed by atoms with Gasteiger partial charge in [-0.3, -0.25) is 13.9 Å². The number of hydrogen-bond acceptors (Lipinski definition) is 6. The number of aliphatic carboxylic acids is 1. The molecule has 0 amide bonds. The molecule has 4 rings (SSSR count). The number of carbonyl (C=O) groups is 1. The molecular formula is C33H43N2NaO8S2+2. The number of hydrogen-bond donors (Lipinski definition) is 3. The maximum atomic E-state index is 11.6. The van der Waals surface area contributed by atoms with Gasteiger partial charge >= 0.3 is 35.5 Å². The fourth-order valence-corrected chi connectivity index (χ4v) is 7.98. The van der Waals surface area contributed by atoms with Gasteiger partial charge in [-0.15, -0.1) is 0 Å². The predicted molar refractivity (Wildman–Crippen MR) is 176 cm³/mol. The first-order chi connectivity index (χ1) is 21.1. The Morgan fingerprint density at radius 3 is 2.09 bits per heavy atom. The Morgan fingerprint density at radius 1 is 0.870 bits per heavy atom. The molecule has 2 aliphatic rings. The first-order valence-electron chi connectivity index (χ1n) is 15.2. The van der Waals surface area contributed by atoms with Crippen molar-refractivity contribution in [2.24, 2.45) is 0 Å². The summed E-state index contributed by atoms with van der Waals surface area (Å²) in [7, 11) is -8.32. The summed E-state index contributed by atoms with van der Waals surface area (Å²) in [5.74, 6) is -1.61. The zero-order valence-corrected chi connectivity index (χ0v) is 30.6. The molecular weight excluding hydrogens is 639 g/mol. The van der Waals surface area contributed by atoms with Crippen LogP contribution in [0.3, 0.4) is 0 Å². The average molecular weight is 683 g/mol. The Bertz CT molecular complexity index is 1750. The molecule has 244 valence electrons. The first-order valence-corrected chi connectivity index (χ1v) is 18.4. The minimum atomic E-state index is -4.16. The van der Waals surface area contributed by atoms with Gasteiger partial charge in [0.25, 0.3) is 20.2 Å². The molecule has 46 heavy (non-hydrogen) atoms. The molecule has 0 radical (unpaired) electrons. The normalized spacial score (nSPS) is 21.9. The quantitative estimate of drug-likeness (QED) is 0.146. The molecule has 3 N–H and O–H groups in total. The van der Waals surface area contributed by atoms with Gasteiger partial charge in [-0.2, -0.15) is 21.4 Å². The van der Waals surface area contributed by atoms with Crippen molar-refractivity contribution in [2.45, 2.75) is 70.1 Å². The van der Waals surface area contributed by atoms with Gasteiger partial charge in [0.1, 0.15) is 6.54 Å². The smallest absolute Gasteiger partial charge is 0.481 e. The second-order valence-corrected chi connectivity index (χ2v) is 15.3. The summed E-state index contributed by atoms with van der Waals surface area (Å²) in [5, 5.41) is 9.32. The first kappa shape index (κ1) is 38.1. The summed E-state index contributed by atoms with van der Waals surface area (Å²) in [4.78, 5) is 13.6. The van der Waals surface area contributed by atoms with Crippen LogP contribution in [0.25, 0.3) is 0 Å². The molecule has 0 aromatic heterocycles. The number of allylic oxidation sites excluding steroid dienone is 4. The summed E-state index contributed by atoms with van der Waals surface area (Å²) < 4.78 is 67.0. The third-order valence-electron chi connectivity index (χ3n) is 9.05. The van der Waals surface area contributed by atoms with E-state index in [1.165, 1.54) is 0 Å². The number of benzene rings is 2. The van der Waals surface area contributed by atoms with Gasteiger partial charge in [0.15, 0.2) is 5.71 Å². The number of carboxylic acid groups (broad SMARTS) is 1. The number of anilines is 1. The molecule has 0 saturated heterocycles. The summed E-state index contributed by atoms with van der Waals surface area (Å²) >= 11 is 0. The minimum Gasteiger partial charge on any atom is -0.481 e. The van der Waals surface area contributed by atoms with Gasteiger partial charge in [-0.25, -0.2) is 0 Å². The molecule has 13 heteroatoms. The molecule has 2 unspecified atom stereocenters. The van der Waals surface area contributed by atoms with Crippen molar-refractivity contribution in [1.29, 1.82) is 0 Å². The monoisotopic (exact) mass is 682 g/mol. The van der Waals surface area contributed by atoms with E-state index < -0.39 is 42.8 Å². The zero-order valence-electron chi connectivity index (χ0n) is 27.0. The Hall–Kier alpha value is -2.32. The van der Waals surface area contributed by atoms with Crippen molar-refractivity contribution in [3.63, 3.8) is 0 Å². The molecule has 2 aromatic carbocycles. The summed E-state index contributed by atoms with van der Waals surface area (Å²) in [6.45, 7) is 7.25. The van der Waals surface area contributed by atoms with Crippen molar-refractivity contribution in [3.05, 3.63) is 83.6 Å². The molecule has 0 spiro atoms. The van der Waals surface area contributed by atoms with Crippen LogP contribution in [0.15, 0.2) is 72.5 Å².